The predicted octanol–water partition coefficient (Wildman–Crippen LogP) is 7.67. The first-order valence-electron chi connectivity index (χ1n) is 13.1. The lowest BCUT2D eigenvalue weighted by molar-refractivity contribution is -0.127. The van der Waals surface area contributed by atoms with Crippen LogP contribution in [-0.2, 0) is 11.4 Å². The lowest BCUT2D eigenvalue weighted by atomic mass is 10.0. The van der Waals surface area contributed by atoms with Crippen LogP contribution in [0.1, 0.15) is 44.2 Å². The zero-order chi connectivity index (χ0) is 27.5. The van der Waals surface area contributed by atoms with Crippen molar-refractivity contribution >= 4 is 38.8 Å². The van der Waals surface area contributed by atoms with E-state index >= 15 is 0 Å². The summed E-state index contributed by atoms with van der Waals surface area (Å²) >= 11 is 3.50. The molecule has 0 spiro atoms. The van der Waals surface area contributed by atoms with Crippen molar-refractivity contribution in [1.82, 2.24) is 5.43 Å². The van der Waals surface area contributed by atoms with E-state index in [0.717, 1.165) is 51.4 Å². The summed E-state index contributed by atoms with van der Waals surface area (Å²) < 4.78 is 18.7. The number of nitrogens with one attached hydrogen (secondary N) is 1. The molecule has 4 aromatic carbocycles. The third kappa shape index (κ3) is 8.32. The number of benzene rings is 4. The monoisotopic (exact) mass is 588 g/mol. The molecule has 1 amide bonds. The molecule has 1 atom stereocenters. The molecule has 0 saturated heterocycles. The number of hydrazone groups is 1. The van der Waals surface area contributed by atoms with Gasteiger partial charge in [-0.05, 0) is 72.1 Å². The minimum absolute atomic E-state index is 0.358. The molecule has 0 radical (unpaired) electrons. The standard InChI is InChI=1S/C32H33BrN2O4/c1-3-4-7-19-37-27-14-16-28(17-15-27)39-23(2)32(36)35-34-21-30-29-12-6-5-10-25(29)13-18-31(30)38-22-24-9-8-11-26(33)20-24/h5-6,8-18,20-21,23H,3-4,7,19,22H2,1-2H3,(H,35,36)/b34-21+. The quantitative estimate of drug-likeness (QED) is 0.0988. The summed E-state index contributed by atoms with van der Waals surface area (Å²) in [4.78, 5) is 12.7. The smallest absolute Gasteiger partial charge is 0.280 e. The second kappa shape index (κ2) is 14.4. The molecule has 0 aliphatic carbocycles. The number of hydrogen-bond acceptors (Lipinski definition) is 5. The van der Waals surface area contributed by atoms with Gasteiger partial charge in [0, 0.05) is 10.0 Å². The van der Waals surface area contributed by atoms with Crippen LogP contribution in [0.5, 0.6) is 17.2 Å². The highest BCUT2D eigenvalue weighted by Gasteiger charge is 2.14. The molecule has 1 unspecified atom stereocenters. The fourth-order valence-electron chi connectivity index (χ4n) is 3.99. The highest BCUT2D eigenvalue weighted by molar-refractivity contribution is 9.10. The largest absolute Gasteiger partial charge is 0.494 e. The second-order valence-electron chi connectivity index (χ2n) is 9.14. The van der Waals surface area contributed by atoms with E-state index in [1.54, 1.807) is 25.3 Å². The molecule has 4 rings (SSSR count). The first kappa shape index (κ1) is 28.2. The van der Waals surface area contributed by atoms with Crippen molar-refractivity contribution in [2.45, 2.75) is 45.8 Å². The van der Waals surface area contributed by atoms with Gasteiger partial charge in [0.2, 0.25) is 0 Å². The van der Waals surface area contributed by atoms with Crippen molar-refractivity contribution in [2.24, 2.45) is 5.10 Å². The number of fused-ring (bicyclic) bond motifs is 1. The van der Waals surface area contributed by atoms with E-state index < -0.39 is 6.10 Å². The van der Waals surface area contributed by atoms with Gasteiger partial charge in [0.05, 0.1) is 12.8 Å². The Hall–Kier alpha value is -3.84. The van der Waals surface area contributed by atoms with E-state index in [2.05, 4.69) is 33.4 Å². The molecule has 0 aliphatic heterocycles. The van der Waals surface area contributed by atoms with Crippen LogP contribution in [0.3, 0.4) is 0 Å². The summed E-state index contributed by atoms with van der Waals surface area (Å²) in [6.45, 7) is 4.94. The van der Waals surface area contributed by atoms with Gasteiger partial charge < -0.3 is 14.2 Å². The SMILES string of the molecule is CCCCCOc1ccc(OC(C)C(=O)N/N=C/c2c(OCc3cccc(Br)c3)ccc3ccccc23)cc1. The van der Waals surface area contributed by atoms with Crippen molar-refractivity contribution in [3.05, 3.63) is 101 Å². The van der Waals surface area contributed by atoms with Gasteiger partial charge in [-0.2, -0.15) is 5.10 Å². The summed E-state index contributed by atoms with van der Waals surface area (Å²) in [6.07, 6.45) is 4.22. The molecule has 0 bridgehead atoms. The fraction of sp³-hybridized carbons (Fsp3) is 0.250. The van der Waals surface area contributed by atoms with E-state index in [0.29, 0.717) is 24.7 Å². The van der Waals surface area contributed by atoms with E-state index in [1.807, 2.05) is 72.8 Å². The number of halogens is 1. The number of carbonyl (C=O) groups is 1. The van der Waals surface area contributed by atoms with Crippen LogP contribution in [0, 0.1) is 0 Å². The zero-order valence-electron chi connectivity index (χ0n) is 22.2. The maximum atomic E-state index is 12.7. The molecule has 7 heteroatoms. The molecule has 0 aliphatic rings. The van der Waals surface area contributed by atoms with Crippen LogP contribution >= 0.6 is 15.9 Å². The van der Waals surface area contributed by atoms with Gasteiger partial charge in [0.25, 0.3) is 5.91 Å². The lowest BCUT2D eigenvalue weighted by Crippen LogP contribution is -2.33. The maximum absolute atomic E-state index is 12.7. The number of amides is 1. The fourth-order valence-corrected chi connectivity index (χ4v) is 4.43. The number of unbranched alkanes of at least 4 members (excludes halogenated alkanes) is 2. The molecule has 4 aromatic rings. The predicted molar refractivity (Wildman–Crippen MR) is 160 cm³/mol. The summed E-state index contributed by atoms with van der Waals surface area (Å²) in [6, 6.07) is 27.2. The van der Waals surface area contributed by atoms with Crippen molar-refractivity contribution in [3.63, 3.8) is 0 Å². The van der Waals surface area contributed by atoms with Crippen LogP contribution in [-0.4, -0.2) is 24.8 Å². The van der Waals surface area contributed by atoms with E-state index in [1.165, 1.54) is 0 Å². The van der Waals surface area contributed by atoms with Crippen molar-refractivity contribution in [1.29, 1.82) is 0 Å². The highest BCUT2D eigenvalue weighted by atomic mass is 79.9. The van der Waals surface area contributed by atoms with Crippen LogP contribution < -0.4 is 19.6 Å². The maximum Gasteiger partial charge on any atom is 0.280 e. The van der Waals surface area contributed by atoms with Crippen molar-refractivity contribution in [3.8, 4) is 17.2 Å². The number of nitrogens with zero attached hydrogens (tertiary/aromatic N) is 1. The first-order valence-corrected chi connectivity index (χ1v) is 13.9. The summed E-state index contributed by atoms with van der Waals surface area (Å²) in [5, 5.41) is 6.26. The summed E-state index contributed by atoms with van der Waals surface area (Å²) in [7, 11) is 0. The molecular formula is C32H33BrN2O4. The van der Waals surface area contributed by atoms with Crippen molar-refractivity contribution < 1.29 is 19.0 Å². The molecule has 39 heavy (non-hydrogen) atoms. The molecule has 1 N–H and O–H groups in total. The molecule has 0 aromatic heterocycles. The number of carbonyl (C=O) groups excluding carboxylic acids is 1. The van der Waals surface area contributed by atoms with Crippen LogP contribution in [0.4, 0.5) is 0 Å². The minimum Gasteiger partial charge on any atom is -0.494 e. The van der Waals surface area contributed by atoms with Gasteiger partial charge in [-0.15, -0.1) is 0 Å². The van der Waals surface area contributed by atoms with Crippen LogP contribution in [0.25, 0.3) is 10.8 Å². The Morgan fingerprint density at radius 3 is 2.54 bits per heavy atom. The van der Waals surface area contributed by atoms with Gasteiger partial charge >= 0.3 is 0 Å². The van der Waals surface area contributed by atoms with Gasteiger partial charge in [-0.25, -0.2) is 5.43 Å². The third-order valence-electron chi connectivity index (χ3n) is 6.10. The van der Waals surface area contributed by atoms with Crippen molar-refractivity contribution in [2.75, 3.05) is 6.61 Å². The Morgan fingerprint density at radius 2 is 1.74 bits per heavy atom. The van der Waals surface area contributed by atoms with Gasteiger partial charge in [0.1, 0.15) is 23.9 Å². The molecule has 6 nitrogen and oxygen atoms in total. The normalized spacial score (nSPS) is 11.9. The number of hydrogen-bond donors (Lipinski definition) is 1. The summed E-state index contributed by atoms with van der Waals surface area (Å²) in [5.74, 6) is 1.68. The van der Waals surface area contributed by atoms with Crippen LogP contribution in [0.2, 0.25) is 0 Å². The van der Waals surface area contributed by atoms with E-state index in [-0.39, 0.29) is 5.91 Å². The first-order chi connectivity index (χ1) is 19.0. The Labute approximate surface area is 238 Å². The van der Waals surface area contributed by atoms with Gasteiger partial charge in [-0.3, -0.25) is 4.79 Å². The van der Waals surface area contributed by atoms with E-state index in [4.69, 9.17) is 14.2 Å². The third-order valence-corrected chi connectivity index (χ3v) is 6.60. The minimum atomic E-state index is -0.738. The molecule has 0 fully saturated rings. The lowest BCUT2D eigenvalue weighted by Gasteiger charge is -2.14. The Morgan fingerprint density at radius 1 is 0.949 bits per heavy atom. The molecule has 0 heterocycles. The molecule has 0 saturated carbocycles. The van der Waals surface area contributed by atoms with Gasteiger partial charge in [-0.1, -0.05) is 78.2 Å². The van der Waals surface area contributed by atoms with Crippen LogP contribution in [0.15, 0.2) is 94.5 Å². The van der Waals surface area contributed by atoms with E-state index in [9.17, 15) is 4.79 Å². The Bertz CT molecular complexity index is 1410. The Balaban J connectivity index is 1.38. The Kier molecular flexibility index (Phi) is 10.4. The topological polar surface area (TPSA) is 69.2 Å². The summed E-state index contributed by atoms with van der Waals surface area (Å²) in [5.41, 5.74) is 4.42. The average Bonchev–Trinajstić information content (AvgIpc) is 2.95. The number of ether oxygens (including phenoxy) is 3. The van der Waals surface area contributed by atoms with Gasteiger partial charge in [0.15, 0.2) is 6.10 Å². The second-order valence-corrected chi connectivity index (χ2v) is 10.1. The number of rotatable bonds is 13. The zero-order valence-corrected chi connectivity index (χ0v) is 23.8. The molecule has 202 valence electrons. The highest BCUT2D eigenvalue weighted by Crippen LogP contribution is 2.28. The molecular weight excluding hydrogens is 556 g/mol. The average molecular weight is 590 g/mol.